The van der Waals surface area contributed by atoms with Gasteiger partial charge in [0.2, 0.25) is 0 Å². The van der Waals surface area contributed by atoms with Gasteiger partial charge in [0.25, 0.3) is 0 Å². The molecule has 0 amide bonds. The second kappa shape index (κ2) is 4.52. The van der Waals surface area contributed by atoms with Crippen LogP contribution in [0.4, 0.5) is 11.4 Å². The topological polar surface area (TPSA) is 29.3 Å². The van der Waals surface area contributed by atoms with Crippen molar-refractivity contribution in [3.8, 4) is 0 Å². The van der Waals surface area contributed by atoms with Crippen LogP contribution in [0.15, 0.2) is 64.9 Å². The van der Waals surface area contributed by atoms with E-state index in [0.29, 0.717) is 0 Å². The highest BCUT2D eigenvalue weighted by molar-refractivity contribution is 7.99. The van der Waals surface area contributed by atoms with Gasteiger partial charge in [-0.05, 0) is 30.2 Å². The Morgan fingerprint density at radius 2 is 1.89 bits per heavy atom. The van der Waals surface area contributed by atoms with Gasteiger partial charge in [0.15, 0.2) is 0 Å². The Morgan fingerprint density at radius 1 is 1.11 bits per heavy atom. The number of allylic oxidation sites excluding steroid dienone is 1. The smallest absolute Gasteiger partial charge is 0.0750 e. The van der Waals surface area contributed by atoms with E-state index in [4.69, 9.17) is 5.84 Å². The van der Waals surface area contributed by atoms with E-state index in [-0.39, 0.29) is 0 Å². The molecule has 0 bridgehead atoms. The predicted octanol–water partition coefficient (Wildman–Crippen LogP) is 3.89. The van der Waals surface area contributed by atoms with Crippen molar-refractivity contribution in [1.29, 1.82) is 0 Å². The van der Waals surface area contributed by atoms with Crippen LogP contribution in [-0.2, 0) is 6.42 Å². The molecule has 3 heteroatoms. The third-order valence-electron chi connectivity index (χ3n) is 3.03. The molecular formula is C15H14N2S. The molecule has 0 atom stereocenters. The first kappa shape index (κ1) is 11.4. The van der Waals surface area contributed by atoms with Gasteiger partial charge >= 0.3 is 0 Å². The summed E-state index contributed by atoms with van der Waals surface area (Å²) in [6, 6.07) is 14.5. The Morgan fingerprint density at radius 3 is 2.72 bits per heavy atom. The highest BCUT2D eigenvalue weighted by Gasteiger charge is 2.22. The largest absolute Gasteiger partial charge is 0.277 e. The Balaban J connectivity index is 2.16. The lowest BCUT2D eigenvalue weighted by Gasteiger charge is -2.30. The van der Waals surface area contributed by atoms with Crippen LogP contribution < -0.4 is 10.9 Å². The average Bonchev–Trinajstić information content (AvgIpc) is 2.39. The first-order valence-corrected chi connectivity index (χ1v) is 6.67. The summed E-state index contributed by atoms with van der Waals surface area (Å²) in [6.45, 7) is 3.81. The van der Waals surface area contributed by atoms with Crippen LogP contribution in [-0.4, -0.2) is 0 Å². The summed E-state index contributed by atoms with van der Waals surface area (Å²) in [5, 5.41) is 1.79. The van der Waals surface area contributed by atoms with Crippen molar-refractivity contribution in [3.63, 3.8) is 0 Å². The van der Waals surface area contributed by atoms with Gasteiger partial charge in [0.05, 0.1) is 11.4 Å². The summed E-state index contributed by atoms with van der Waals surface area (Å²) >= 11 is 1.77. The van der Waals surface area contributed by atoms with Gasteiger partial charge in [-0.25, -0.2) is 5.84 Å². The quantitative estimate of drug-likeness (QED) is 0.651. The van der Waals surface area contributed by atoms with Gasteiger partial charge in [-0.15, -0.1) is 6.58 Å². The van der Waals surface area contributed by atoms with Gasteiger partial charge in [-0.1, -0.05) is 42.1 Å². The van der Waals surface area contributed by atoms with E-state index in [1.807, 2.05) is 18.2 Å². The fraction of sp³-hybridized carbons (Fsp3) is 0.0667. The molecule has 0 spiro atoms. The second-order valence-electron chi connectivity index (χ2n) is 4.20. The summed E-state index contributed by atoms with van der Waals surface area (Å²) in [5.74, 6) is 6.27. The molecule has 2 aromatic rings. The summed E-state index contributed by atoms with van der Waals surface area (Å²) in [7, 11) is 0. The van der Waals surface area contributed by atoms with Crippen LogP contribution in [0.5, 0.6) is 0 Å². The molecule has 2 N–H and O–H groups in total. The second-order valence-corrected chi connectivity index (χ2v) is 5.28. The van der Waals surface area contributed by atoms with Crippen molar-refractivity contribution in [2.75, 3.05) is 5.01 Å². The maximum atomic E-state index is 6.27. The molecule has 2 aromatic carbocycles. The number of nitrogens with zero attached hydrogens (tertiary/aromatic N) is 1. The van der Waals surface area contributed by atoms with Crippen molar-refractivity contribution < 1.29 is 0 Å². The van der Waals surface area contributed by atoms with Crippen LogP contribution in [0.25, 0.3) is 0 Å². The third-order valence-corrected chi connectivity index (χ3v) is 4.15. The van der Waals surface area contributed by atoms with E-state index in [2.05, 4.69) is 36.9 Å². The van der Waals surface area contributed by atoms with E-state index >= 15 is 0 Å². The number of para-hydroxylation sites is 2. The number of hydrazine groups is 1. The van der Waals surface area contributed by atoms with Gasteiger partial charge in [0.1, 0.15) is 0 Å². The minimum atomic E-state index is 0.833. The Kier molecular flexibility index (Phi) is 2.86. The standard InChI is InChI=1S/C15H14N2S/c1-2-6-11-7-5-10-14-15(11)17(16)12-8-3-4-9-13(12)18-14/h2-5,7-10H,1,6,16H2. The molecule has 0 saturated carbocycles. The van der Waals surface area contributed by atoms with Crippen LogP contribution in [0, 0.1) is 0 Å². The zero-order valence-corrected chi connectivity index (χ0v) is 10.8. The molecule has 1 aliphatic heterocycles. The van der Waals surface area contributed by atoms with Crippen LogP contribution >= 0.6 is 11.8 Å². The number of fused-ring (bicyclic) bond motifs is 2. The van der Waals surface area contributed by atoms with E-state index in [9.17, 15) is 0 Å². The number of benzene rings is 2. The molecule has 90 valence electrons. The fourth-order valence-electron chi connectivity index (χ4n) is 2.23. The Bertz CT molecular complexity index is 607. The molecule has 3 rings (SSSR count). The summed E-state index contributed by atoms with van der Waals surface area (Å²) in [6.07, 6.45) is 2.74. The van der Waals surface area contributed by atoms with Crippen LogP contribution in [0.2, 0.25) is 0 Å². The molecule has 0 unspecified atom stereocenters. The average molecular weight is 254 g/mol. The Hall–Kier alpha value is -1.71. The Labute approximate surface area is 111 Å². The van der Waals surface area contributed by atoms with Gasteiger partial charge < -0.3 is 0 Å². The molecule has 0 fully saturated rings. The van der Waals surface area contributed by atoms with Crippen LogP contribution in [0.3, 0.4) is 0 Å². The van der Waals surface area contributed by atoms with E-state index in [1.54, 1.807) is 16.8 Å². The molecule has 0 saturated heterocycles. The van der Waals surface area contributed by atoms with Gasteiger partial charge in [-0.2, -0.15) is 0 Å². The lowest BCUT2D eigenvalue weighted by atomic mass is 10.1. The lowest BCUT2D eigenvalue weighted by Crippen LogP contribution is -2.28. The number of nitrogens with two attached hydrogens (primary N) is 1. The zero-order valence-electron chi connectivity index (χ0n) is 9.97. The molecule has 1 aliphatic rings. The van der Waals surface area contributed by atoms with E-state index in [0.717, 1.165) is 17.8 Å². The molecule has 18 heavy (non-hydrogen) atoms. The zero-order chi connectivity index (χ0) is 12.5. The van der Waals surface area contributed by atoms with E-state index in [1.165, 1.54) is 15.4 Å². The number of rotatable bonds is 2. The molecule has 0 aromatic heterocycles. The fourth-order valence-corrected chi connectivity index (χ4v) is 3.35. The minimum absolute atomic E-state index is 0.833. The minimum Gasteiger partial charge on any atom is -0.277 e. The van der Waals surface area contributed by atoms with Crippen molar-refractivity contribution in [3.05, 3.63) is 60.7 Å². The number of anilines is 2. The molecule has 0 aliphatic carbocycles. The number of hydrogen-bond donors (Lipinski definition) is 1. The summed E-state index contributed by atoms with van der Waals surface area (Å²) < 4.78 is 0. The van der Waals surface area contributed by atoms with Crippen molar-refractivity contribution in [1.82, 2.24) is 0 Å². The van der Waals surface area contributed by atoms with Crippen molar-refractivity contribution in [2.24, 2.45) is 5.84 Å². The van der Waals surface area contributed by atoms with E-state index < -0.39 is 0 Å². The lowest BCUT2D eigenvalue weighted by molar-refractivity contribution is 1.00. The first-order chi connectivity index (χ1) is 8.81. The molecule has 0 radical (unpaired) electrons. The monoisotopic (exact) mass is 254 g/mol. The highest BCUT2D eigenvalue weighted by atomic mass is 32.2. The molecular weight excluding hydrogens is 240 g/mol. The highest BCUT2D eigenvalue weighted by Crippen LogP contribution is 2.47. The normalized spacial score (nSPS) is 12.8. The number of hydrogen-bond acceptors (Lipinski definition) is 3. The summed E-state index contributed by atoms with van der Waals surface area (Å²) in [4.78, 5) is 2.40. The van der Waals surface area contributed by atoms with Crippen molar-refractivity contribution >= 4 is 23.1 Å². The predicted molar refractivity (Wildman–Crippen MR) is 77.2 cm³/mol. The maximum Gasteiger partial charge on any atom is 0.0750 e. The van der Waals surface area contributed by atoms with Gasteiger partial charge in [0, 0.05) is 9.79 Å². The maximum absolute atomic E-state index is 6.27. The first-order valence-electron chi connectivity index (χ1n) is 5.86. The SMILES string of the molecule is C=CCc1cccc2c1N(N)c1ccccc1S2. The van der Waals surface area contributed by atoms with Gasteiger partial charge in [-0.3, -0.25) is 5.01 Å². The molecule has 2 nitrogen and oxygen atoms in total. The van der Waals surface area contributed by atoms with Crippen molar-refractivity contribution in [2.45, 2.75) is 16.2 Å². The third kappa shape index (κ3) is 1.72. The summed E-state index contributed by atoms with van der Waals surface area (Å²) in [5.41, 5.74) is 3.37. The van der Waals surface area contributed by atoms with Crippen LogP contribution in [0.1, 0.15) is 5.56 Å². The molecule has 1 heterocycles.